The molecule has 1 aromatic rings. The van der Waals surface area contributed by atoms with Crippen LogP contribution in [0.5, 0.6) is 0 Å². The summed E-state index contributed by atoms with van der Waals surface area (Å²) in [6.07, 6.45) is 3.50. The maximum absolute atomic E-state index is 13.2. The number of piperidine rings is 1. The van der Waals surface area contributed by atoms with Crippen LogP contribution >= 0.6 is 0 Å². The normalized spacial score (nSPS) is 23.1. The van der Waals surface area contributed by atoms with Crippen molar-refractivity contribution < 1.29 is 19.1 Å². The number of likely N-dealkylation sites (tertiary alicyclic amines) is 1. The molecule has 2 unspecified atom stereocenters. The van der Waals surface area contributed by atoms with Crippen molar-refractivity contribution in [1.82, 2.24) is 4.90 Å². The molecule has 1 saturated carbocycles. The average molecular weight is 333 g/mol. The molecular weight excluding hydrogens is 309 g/mol. The summed E-state index contributed by atoms with van der Waals surface area (Å²) < 4.78 is 13.2. The Morgan fingerprint density at radius 2 is 2.08 bits per heavy atom. The van der Waals surface area contributed by atoms with E-state index < -0.39 is 5.97 Å². The van der Waals surface area contributed by atoms with Gasteiger partial charge in [-0.2, -0.15) is 0 Å². The van der Waals surface area contributed by atoms with Gasteiger partial charge >= 0.3 is 5.97 Å². The number of amides is 1. The molecule has 0 bridgehead atoms. The number of halogens is 1. The highest BCUT2D eigenvalue weighted by Gasteiger charge is 2.59. The fourth-order valence-electron chi connectivity index (χ4n) is 4.02. The smallest absolute Gasteiger partial charge is 0.307 e. The molecule has 1 spiro atoms. The van der Waals surface area contributed by atoms with Crippen LogP contribution in [0.15, 0.2) is 24.3 Å². The van der Waals surface area contributed by atoms with Gasteiger partial charge in [-0.25, -0.2) is 4.39 Å². The Labute approximate surface area is 141 Å². The van der Waals surface area contributed by atoms with Crippen molar-refractivity contribution in [2.45, 2.75) is 39.0 Å². The van der Waals surface area contributed by atoms with E-state index in [4.69, 9.17) is 5.11 Å². The van der Waals surface area contributed by atoms with Crippen LogP contribution in [0.25, 0.3) is 0 Å². The van der Waals surface area contributed by atoms with Gasteiger partial charge in [-0.1, -0.05) is 19.1 Å². The van der Waals surface area contributed by atoms with Gasteiger partial charge in [-0.05, 0) is 54.7 Å². The van der Waals surface area contributed by atoms with E-state index in [1.54, 1.807) is 6.07 Å². The molecule has 1 aliphatic heterocycles. The summed E-state index contributed by atoms with van der Waals surface area (Å²) in [4.78, 5) is 25.4. The number of nitrogens with zero attached hydrogens (tertiary/aromatic N) is 1. The van der Waals surface area contributed by atoms with Gasteiger partial charge in [-0.3, -0.25) is 9.59 Å². The number of rotatable bonds is 5. The zero-order valence-electron chi connectivity index (χ0n) is 14.0. The summed E-state index contributed by atoms with van der Waals surface area (Å²) in [6, 6.07) is 6.52. The molecule has 1 N–H and O–H groups in total. The third kappa shape index (κ3) is 3.60. The fourth-order valence-corrected chi connectivity index (χ4v) is 4.02. The molecule has 1 saturated heterocycles. The van der Waals surface area contributed by atoms with Gasteiger partial charge in [0.2, 0.25) is 5.91 Å². The fraction of sp³-hybridized carbons (Fsp3) is 0.579. The van der Waals surface area contributed by atoms with Crippen molar-refractivity contribution in [1.29, 1.82) is 0 Å². The molecular formula is C19H24FNO3. The van der Waals surface area contributed by atoms with Crippen LogP contribution in [0.3, 0.4) is 0 Å². The molecule has 24 heavy (non-hydrogen) atoms. The molecule has 1 amide bonds. The third-order valence-electron chi connectivity index (χ3n) is 5.60. The van der Waals surface area contributed by atoms with Gasteiger partial charge in [0.25, 0.3) is 0 Å². The Morgan fingerprint density at radius 1 is 1.38 bits per heavy atom. The summed E-state index contributed by atoms with van der Waals surface area (Å²) in [5.74, 6) is -0.867. The number of carbonyl (C=O) groups is 2. The lowest BCUT2D eigenvalue weighted by Gasteiger charge is -2.33. The minimum atomic E-state index is -0.696. The Hall–Kier alpha value is -1.91. The maximum Gasteiger partial charge on any atom is 0.307 e. The van der Waals surface area contributed by atoms with E-state index in [9.17, 15) is 14.0 Å². The number of benzene rings is 1. The van der Waals surface area contributed by atoms with Crippen molar-refractivity contribution >= 4 is 11.9 Å². The first-order valence-electron chi connectivity index (χ1n) is 8.65. The zero-order valence-corrected chi connectivity index (χ0v) is 14.0. The minimum absolute atomic E-state index is 0.0458. The summed E-state index contributed by atoms with van der Waals surface area (Å²) in [5, 5.41) is 9.12. The van der Waals surface area contributed by atoms with Crippen molar-refractivity contribution in [3.63, 3.8) is 0 Å². The van der Waals surface area contributed by atoms with E-state index >= 15 is 0 Å². The summed E-state index contributed by atoms with van der Waals surface area (Å²) in [5.41, 5.74) is 0.866. The molecule has 3 rings (SSSR count). The van der Waals surface area contributed by atoms with E-state index in [0.717, 1.165) is 24.8 Å². The highest BCUT2D eigenvalue weighted by Crippen LogP contribution is 2.59. The van der Waals surface area contributed by atoms with Gasteiger partial charge in [0.15, 0.2) is 0 Å². The molecule has 2 aliphatic rings. The van der Waals surface area contributed by atoms with Gasteiger partial charge in [0.05, 0.1) is 5.92 Å². The Morgan fingerprint density at radius 3 is 2.67 bits per heavy atom. The predicted molar refractivity (Wildman–Crippen MR) is 87.9 cm³/mol. The summed E-state index contributed by atoms with van der Waals surface area (Å²) >= 11 is 0. The molecule has 5 heteroatoms. The second-order valence-electron chi connectivity index (χ2n) is 7.48. The zero-order chi connectivity index (χ0) is 17.3. The second-order valence-corrected chi connectivity index (χ2v) is 7.48. The number of carboxylic acids is 1. The number of hydrogen-bond acceptors (Lipinski definition) is 2. The second kappa shape index (κ2) is 6.54. The highest BCUT2D eigenvalue weighted by molar-refractivity contribution is 5.77. The summed E-state index contributed by atoms with van der Waals surface area (Å²) in [6.45, 7) is 3.33. The number of carbonyl (C=O) groups excluding carboxylic acids is 1. The lowest BCUT2D eigenvalue weighted by molar-refractivity contribution is -0.140. The van der Waals surface area contributed by atoms with Gasteiger partial charge in [-0.15, -0.1) is 0 Å². The molecule has 130 valence electrons. The Balaban J connectivity index is 1.47. The number of carboxylic acid groups (broad SMARTS) is 1. The van der Waals surface area contributed by atoms with Crippen LogP contribution < -0.4 is 0 Å². The quantitative estimate of drug-likeness (QED) is 0.901. The van der Waals surface area contributed by atoms with Crippen LogP contribution in [-0.2, 0) is 16.0 Å². The minimum Gasteiger partial charge on any atom is -0.481 e. The molecule has 0 aromatic heterocycles. The predicted octanol–water partition coefficient (Wildman–Crippen LogP) is 3.11. The molecule has 1 aromatic carbocycles. The maximum atomic E-state index is 13.2. The highest BCUT2D eigenvalue weighted by atomic mass is 19.1. The van der Waals surface area contributed by atoms with Gasteiger partial charge < -0.3 is 10.0 Å². The van der Waals surface area contributed by atoms with Crippen LogP contribution in [0.1, 0.15) is 38.2 Å². The SMILES string of the molecule is CC(CC(=O)N1CCC2(CC1)CC2C(=O)O)Cc1cccc(F)c1. The van der Waals surface area contributed by atoms with Crippen molar-refractivity contribution in [2.75, 3.05) is 13.1 Å². The van der Waals surface area contributed by atoms with Crippen LogP contribution in [0.4, 0.5) is 4.39 Å². The first-order valence-corrected chi connectivity index (χ1v) is 8.65. The van der Waals surface area contributed by atoms with Crippen molar-refractivity contribution in [3.8, 4) is 0 Å². The monoisotopic (exact) mass is 333 g/mol. The molecule has 2 fully saturated rings. The molecule has 2 atom stereocenters. The van der Waals surface area contributed by atoms with E-state index in [-0.39, 0.29) is 29.0 Å². The van der Waals surface area contributed by atoms with Crippen LogP contribution in [0, 0.1) is 23.1 Å². The molecule has 1 aliphatic carbocycles. The lowest BCUT2D eigenvalue weighted by Crippen LogP contribution is -2.40. The summed E-state index contributed by atoms with van der Waals surface area (Å²) in [7, 11) is 0. The van der Waals surface area contributed by atoms with Crippen molar-refractivity contribution in [3.05, 3.63) is 35.6 Å². The first-order chi connectivity index (χ1) is 11.4. The van der Waals surface area contributed by atoms with Gasteiger partial charge in [0.1, 0.15) is 5.82 Å². The molecule has 4 nitrogen and oxygen atoms in total. The van der Waals surface area contributed by atoms with E-state index in [1.807, 2.05) is 17.9 Å². The Bertz CT molecular complexity index is 637. The topological polar surface area (TPSA) is 57.6 Å². The van der Waals surface area contributed by atoms with Gasteiger partial charge in [0, 0.05) is 19.5 Å². The Kier molecular flexibility index (Phi) is 4.61. The molecule has 1 heterocycles. The van der Waals surface area contributed by atoms with E-state index in [1.165, 1.54) is 12.1 Å². The lowest BCUT2D eigenvalue weighted by atomic mass is 9.90. The average Bonchev–Trinajstić information content (AvgIpc) is 3.21. The number of hydrogen-bond donors (Lipinski definition) is 1. The van der Waals surface area contributed by atoms with E-state index in [2.05, 4.69) is 0 Å². The van der Waals surface area contributed by atoms with Crippen LogP contribution in [-0.4, -0.2) is 35.0 Å². The largest absolute Gasteiger partial charge is 0.481 e. The standard InChI is InChI=1S/C19H24FNO3/c1-13(9-14-3-2-4-15(20)11-14)10-17(22)21-7-5-19(6-8-21)12-16(19)18(23)24/h2-4,11,13,16H,5-10,12H2,1H3,(H,23,24). The van der Waals surface area contributed by atoms with E-state index in [0.29, 0.717) is 25.9 Å². The number of aliphatic carboxylic acids is 1. The van der Waals surface area contributed by atoms with Crippen molar-refractivity contribution in [2.24, 2.45) is 17.3 Å². The first kappa shape index (κ1) is 16.9. The molecule has 0 radical (unpaired) electrons. The third-order valence-corrected chi connectivity index (χ3v) is 5.60. The van der Waals surface area contributed by atoms with Crippen LogP contribution in [0.2, 0.25) is 0 Å².